The quantitative estimate of drug-likeness (QED) is 0.855. The Hall–Kier alpha value is -1.36. The van der Waals surface area contributed by atoms with E-state index in [2.05, 4.69) is 15.0 Å². The number of rotatable bonds is 4. The van der Waals surface area contributed by atoms with Crippen LogP contribution in [0.5, 0.6) is 0 Å². The summed E-state index contributed by atoms with van der Waals surface area (Å²) in [5, 5.41) is 16.7. The summed E-state index contributed by atoms with van der Waals surface area (Å²) < 4.78 is 4.61. The first-order chi connectivity index (χ1) is 8.59. The molecular weight excluding hydrogens is 232 g/mol. The van der Waals surface area contributed by atoms with Gasteiger partial charge in [0.05, 0.1) is 5.60 Å². The molecule has 5 heteroatoms. The lowest BCUT2D eigenvalue weighted by atomic mass is 9.78. The summed E-state index contributed by atoms with van der Waals surface area (Å²) in [7, 11) is 0. The monoisotopic (exact) mass is 252 g/mol. The van der Waals surface area contributed by atoms with Gasteiger partial charge in [0.1, 0.15) is 6.26 Å². The number of aromatic nitrogens is 1. The zero-order chi connectivity index (χ0) is 13.0. The van der Waals surface area contributed by atoms with Gasteiger partial charge in [0.25, 0.3) is 5.91 Å². The van der Waals surface area contributed by atoms with Crippen molar-refractivity contribution in [1.29, 1.82) is 0 Å². The van der Waals surface area contributed by atoms with Gasteiger partial charge in [-0.05, 0) is 25.7 Å². The molecule has 0 aromatic carbocycles. The number of carbonyl (C=O) groups excluding carboxylic acids is 1. The summed E-state index contributed by atoms with van der Waals surface area (Å²) in [6, 6.07) is 1.50. The van der Waals surface area contributed by atoms with Crippen LogP contribution in [-0.4, -0.2) is 28.3 Å². The lowest BCUT2D eigenvalue weighted by Crippen LogP contribution is -2.46. The van der Waals surface area contributed by atoms with Gasteiger partial charge < -0.3 is 14.9 Å². The maximum absolute atomic E-state index is 11.7. The fraction of sp³-hybridized carbons (Fsp3) is 0.692. The number of nitrogens with one attached hydrogen (secondary N) is 1. The van der Waals surface area contributed by atoms with Crippen LogP contribution in [0.3, 0.4) is 0 Å². The summed E-state index contributed by atoms with van der Waals surface area (Å²) in [5.74, 6) is -0.0382. The second-order valence-electron chi connectivity index (χ2n) is 5.26. The van der Waals surface area contributed by atoms with Crippen LogP contribution in [0.4, 0.5) is 0 Å². The Bertz CT molecular complexity index is 381. The molecule has 1 aliphatic carbocycles. The van der Waals surface area contributed by atoms with E-state index in [1.807, 2.05) is 0 Å². The molecule has 0 spiro atoms. The molecule has 18 heavy (non-hydrogen) atoms. The SMILES string of the molecule is CC(O)(CNC(=O)c1ccon1)C1CCCCC1. The van der Waals surface area contributed by atoms with Crippen molar-refractivity contribution in [2.45, 2.75) is 44.6 Å². The Morgan fingerprint density at radius 3 is 2.89 bits per heavy atom. The predicted molar refractivity (Wildman–Crippen MR) is 66.0 cm³/mol. The molecule has 1 unspecified atom stereocenters. The molecule has 1 heterocycles. The number of hydrogen-bond acceptors (Lipinski definition) is 4. The van der Waals surface area contributed by atoms with Gasteiger partial charge in [0.15, 0.2) is 5.69 Å². The minimum atomic E-state index is -0.847. The van der Waals surface area contributed by atoms with Crippen molar-refractivity contribution in [2.75, 3.05) is 6.54 Å². The average Bonchev–Trinajstić information content (AvgIpc) is 2.91. The Labute approximate surface area is 107 Å². The zero-order valence-electron chi connectivity index (χ0n) is 10.7. The summed E-state index contributed by atoms with van der Waals surface area (Å²) in [4.78, 5) is 11.7. The molecular formula is C13H20N2O3. The van der Waals surface area contributed by atoms with E-state index in [-0.39, 0.29) is 24.1 Å². The van der Waals surface area contributed by atoms with E-state index in [0.29, 0.717) is 0 Å². The van der Waals surface area contributed by atoms with Crippen molar-refractivity contribution in [3.05, 3.63) is 18.0 Å². The molecule has 1 saturated carbocycles. The molecule has 0 aliphatic heterocycles. The predicted octanol–water partition coefficient (Wildman–Crippen LogP) is 1.74. The first kappa shape index (κ1) is 13.1. The van der Waals surface area contributed by atoms with Gasteiger partial charge in [0, 0.05) is 12.6 Å². The molecule has 0 saturated heterocycles. The van der Waals surface area contributed by atoms with E-state index >= 15 is 0 Å². The minimum absolute atomic E-state index is 0.245. The van der Waals surface area contributed by atoms with Gasteiger partial charge in [-0.25, -0.2) is 0 Å². The highest BCUT2D eigenvalue weighted by Gasteiger charge is 2.33. The van der Waals surface area contributed by atoms with E-state index in [4.69, 9.17) is 0 Å². The van der Waals surface area contributed by atoms with E-state index in [1.54, 1.807) is 6.92 Å². The number of carbonyl (C=O) groups is 1. The Morgan fingerprint density at radius 1 is 1.56 bits per heavy atom. The number of hydrogen-bond donors (Lipinski definition) is 2. The Morgan fingerprint density at radius 2 is 2.28 bits per heavy atom. The topological polar surface area (TPSA) is 75.4 Å². The van der Waals surface area contributed by atoms with Crippen LogP contribution in [0.1, 0.15) is 49.5 Å². The van der Waals surface area contributed by atoms with Crippen LogP contribution >= 0.6 is 0 Å². The van der Waals surface area contributed by atoms with Crippen molar-refractivity contribution in [2.24, 2.45) is 5.92 Å². The number of nitrogens with zero attached hydrogens (tertiary/aromatic N) is 1. The molecule has 1 aromatic rings. The maximum atomic E-state index is 11.7. The molecule has 5 nitrogen and oxygen atoms in total. The second kappa shape index (κ2) is 5.52. The highest BCUT2D eigenvalue weighted by Crippen LogP contribution is 2.32. The van der Waals surface area contributed by atoms with E-state index in [1.165, 1.54) is 18.8 Å². The summed E-state index contributed by atoms with van der Waals surface area (Å²) in [5.41, 5.74) is -0.603. The first-order valence-corrected chi connectivity index (χ1v) is 6.50. The van der Waals surface area contributed by atoms with Crippen LogP contribution < -0.4 is 5.32 Å². The van der Waals surface area contributed by atoms with Crippen molar-refractivity contribution in [3.8, 4) is 0 Å². The third-order valence-corrected chi connectivity index (χ3v) is 3.76. The van der Waals surface area contributed by atoms with Gasteiger partial charge in [-0.3, -0.25) is 4.79 Å². The Balaban J connectivity index is 1.86. The molecule has 1 fully saturated rings. The molecule has 1 aliphatic rings. The maximum Gasteiger partial charge on any atom is 0.273 e. The molecule has 1 atom stereocenters. The van der Waals surface area contributed by atoms with Crippen LogP contribution in [0.2, 0.25) is 0 Å². The third-order valence-electron chi connectivity index (χ3n) is 3.76. The first-order valence-electron chi connectivity index (χ1n) is 6.50. The van der Waals surface area contributed by atoms with Crippen molar-refractivity contribution in [3.63, 3.8) is 0 Å². The van der Waals surface area contributed by atoms with E-state index < -0.39 is 5.60 Å². The zero-order valence-corrected chi connectivity index (χ0v) is 10.7. The van der Waals surface area contributed by atoms with E-state index in [0.717, 1.165) is 25.7 Å². The standard InChI is InChI=1S/C13H20N2O3/c1-13(17,10-5-3-2-4-6-10)9-14-12(16)11-7-8-18-15-11/h7-8,10,17H,2-6,9H2,1H3,(H,14,16). The summed E-state index contributed by atoms with van der Waals surface area (Å²) in [6.07, 6.45) is 7.00. The van der Waals surface area contributed by atoms with Gasteiger partial charge in [-0.2, -0.15) is 0 Å². The summed E-state index contributed by atoms with van der Waals surface area (Å²) in [6.45, 7) is 2.05. The number of aliphatic hydroxyl groups is 1. The fourth-order valence-electron chi connectivity index (χ4n) is 2.55. The molecule has 2 rings (SSSR count). The van der Waals surface area contributed by atoms with Gasteiger partial charge in [-0.15, -0.1) is 0 Å². The summed E-state index contributed by atoms with van der Waals surface area (Å²) >= 11 is 0. The van der Waals surface area contributed by atoms with Crippen LogP contribution in [0.15, 0.2) is 16.9 Å². The Kier molecular flexibility index (Phi) is 4.01. The molecule has 2 N–H and O–H groups in total. The van der Waals surface area contributed by atoms with Gasteiger partial charge in [-0.1, -0.05) is 24.4 Å². The van der Waals surface area contributed by atoms with Crippen LogP contribution in [0.25, 0.3) is 0 Å². The fourth-order valence-corrected chi connectivity index (χ4v) is 2.55. The van der Waals surface area contributed by atoms with Gasteiger partial charge in [0.2, 0.25) is 0 Å². The molecule has 0 radical (unpaired) electrons. The molecule has 100 valence electrons. The largest absolute Gasteiger partial charge is 0.388 e. The highest BCUT2D eigenvalue weighted by molar-refractivity contribution is 5.91. The molecule has 1 aromatic heterocycles. The van der Waals surface area contributed by atoms with Crippen LogP contribution in [0, 0.1) is 5.92 Å². The third kappa shape index (κ3) is 3.10. The van der Waals surface area contributed by atoms with Gasteiger partial charge >= 0.3 is 0 Å². The minimum Gasteiger partial charge on any atom is -0.388 e. The average molecular weight is 252 g/mol. The highest BCUT2D eigenvalue weighted by atomic mass is 16.5. The second-order valence-corrected chi connectivity index (χ2v) is 5.26. The van der Waals surface area contributed by atoms with Crippen LogP contribution in [-0.2, 0) is 0 Å². The normalized spacial score (nSPS) is 20.3. The molecule has 0 bridgehead atoms. The lowest BCUT2D eigenvalue weighted by Gasteiger charge is -2.35. The smallest absolute Gasteiger partial charge is 0.273 e. The number of amides is 1. The molecule has 1 amide bonds. The lowest BCUT2D eigenvalue weighted by molar-refractivity contribution is -0.0144. The van der Waals surface area contributed by atoms with E-state index in [9.17, 15) is 9.90 Å². The van der Waals surface area contributed by atoms with Crippen molar-refractivity contribution >= 4 is 5.91 Å². The van der Waals surface area contributed by atoms with Crippen molar-refractivity contribution in [1.82, 2.24) is 10.5 Å². The van der Waals surface area contributed by atoms with Crippen molar-refractivity contribution < 1.29 is 14.4 Å².